The Labute approximate surface area is 200 Å². The van der Waals surface area contributed by atoms with Crippen molar-refractivity contribution in [2.24, 2.45) is 0 Å². The van der Waals surface area contributed by atoms with Gasteiger partial charge in [0.05, 0.1) is 0 Å². The smallest absolute Gasteiger partial charge is 0.351 e. The lowest BCUT2D eigenvalue weighted by atomic mass is 9.89. The standard InChI is InChI=1S/C18H12ClF16NO/c19-18(34,35)17(32,33)16(30,31)15(28,29)14(26,27)13(24,25)12(22,23)11(20,21)10(37)36-8-4-7-9-5-2-1-3-6-9/h1-3,5-6H,4,7-8H2,(H,36,37). The summed E-state index contributed by atoms with van der Waals surface area (Å²) in [6.45, 7) is -1.01. The summed E-state index contributed by atoms with van der Waals surface area (Å²) >= 11 is 3.43. The van der Waals surface area contributed by atoms with Crippen LogP contribution in [-0.4, -0.2) is 59.3 Å². The van der Waals surface area contributed by atoms with Crippen LogP contribution in [0.5, 0.6) is 0 Å². The van der Waals surface area contributed by atoms with E-state index in [0.717, 1.165) is 5.32 Å². The van der Waals surface area contributed by atoms with Gasteiger partial charge in [-0.15, -0.1) is 0 Å². The van der Waals surface area contributed by atoms with Crippen LogP contribution < -0.4 is 5.32 Å². The van der Waals surface area contributed by atoms with Crippen molar-refractivity contribution in [2.75, 3.05) is 6.54 Å². The molecule has 0 radical (unpaired) electrons. The van der Waals surface area contributed by atoms with E-state index in [0.29, 0.717) is 5.56 Å². The molecule has 0 bridgehead atoms. The van der Waals surface area contributed by atoms with E-state index >= 15 is 0 Å². The molecule has 19 heteroatoms. The third-order valence-electron chi connectivity index (χ3n) is 4.78. The van der Waals surface area contributed by atoms with Gasteiger partial charge >= 0.3 is 46.8 Å². The molecule has 0 aliphatic rings. The average Bonchev–Trinajstić information content (AvgIpc) is 2.75. The molecule has 0 unspecified atom stereocenters. The van der Waals surface area contributed by atoms with Crippen LogP contribution in [0.4, 0.5) is 70.2 Å². The summed E-state index contributed by atoms with van der Waals surface area (Å²) in [6.07, 6.45) is -0.395. The molecule has 0 saturated heterocycles. The highest BCUT2D eigenvalue weighted by molar-refractivity contribution is 6.22. The number of halogens is 17. The van der Waals surface area contributed by atoms with Crippen LogP contribution in [0.3, 0.4) is 0 Å². The summed E-state index contributed by atoms with van der Waals surface area (Å²) in [7, 11) is 0. The third-order valence-corrected chi connectivity index (χ3v) is 5.02. The largest absolute Gasteiger partial charge is 0.393 e. The van der Waals surface area contributed by atoms with Gasteiger partial charge in [0.1, 0.15) is 0 Å². The molecule has 37 heavy (non-hydrogen) atoms. The van der Waals surface area contributed by atoms with Gasteiger partial charge in [-0.2, -0.15) is 70.2 Å². The molecule has 0 aliphatic heterocycles. The van der Waals surface area contributed by atoms with E-state index in [-0.39, 0.29) is 12.8 Å². The number of rotatable bonds is 12. The predicted molar refractivity (Wildman–Crippen MR) is 93.2 cm³/mol. The van der Waals surface area contributed by atoms with Crippen molar-refractivity contribution in [1.29, 1.82) is 0 Å². The first-order valence-corrected chi connectivity index (χ1v) is 9.66. The molecule has 1 aromatic rings. The minimum Gasteiger partial charge on any atom is -0.351 e. The van der Waals surface area contributed by atoms with E-state index in [1.165, 1.54) is 24.3 Å². The molecule has 0 aromatic heterocycles. The van der Waals surface area contributed by atoms with Crippen LogP contribution in [0.25, 0.3) is 0 Å². The first-order valence-electron chi connectivity index (χ1n) is 9.28. The molecule has 1 aromatic carbocycles. The Morgan fingerprint density at radius 3 is 1.41 bits per heavy atom. The minimum atomic E-state index is -8.60. The molecule has 1 rings (SSSR count). The van der Waals surface area contributed by atoms with Crippen molar-refractivity contribution in [3.05, 3.63) is 35.9 Å². The molecule has 0 spiro atoms. The van der Waals surface area contributed by atoms with Crippen molar-refractivity contribution in [1.82, 2.24) is 5.32 Å². The van der Waals surface area contributed by atoms with Crippen molar-refractivity contribution in [3.63, 3.8) is 0 Å². The SMILES string of the molecule is O=C(NCCCc1ccccc1)C(F)(F)C(F)(F)C(F)(F)C(F)(F)C(F)(F)C(F)(F)C(F)(F)C(F)(F)Cl. The average molecular weight is 598 g/mol. The van der Waals surface area contributed by atoms with Crippen molar-refractivity contribution >= 4 is 17.5 Å². The Morgan fingerprint density at radius 2 is 1.00 bits per heavy atom. The zero-order chi connectivity index (χ0) is 29.5. The maximum Gasteiger partial charge on any atom is 0.393 e. The van der Waals surface area contributed by atoms with Gasteiger partial charge in [-0.1, -0.05) is 30.3 Å². The Morgan fingerprint density at radius 1 is 0.622 bits per heavy atom. The number of nitrogens with one attached hydrogen (secondary N) is 1. The molecule has 0 aliphatic carbocycles. The van der Waals surface area contributed by atoms with Crippen molar-refractivity contribution < 1.29 is 75.0 Å². The monoisotopic (exact) mass is 597 g/mol. The zero-order valence-electron chi connectivity index (χ0n) is 17.3. The van der Waals surface area contributed by atoms with Gasteiger partial charge in [0.25, 0.3) is 5.91 Å². The zero-order valence-corrected chi connectivity index (χ0v) is 18.1. The normalized spacial score (nSPS) is 15.1. The number of alkyl halides is 17. The van der Waals surface area contributed by atoms with Gasteiger partial charge in [-0.25, -0.2) is 0 Å². The lowest BCUT2D eigenvalue weighted by Gasteiger charge is -2.42. The maximum absolute atomic E-state index is 13.8. The molecule has 0 saturated carbocycles. The highest BCUT2D eigenvalue weighted by Crippen LogP contribution is 2.64. The van der Waals surface area contributed by atoms with Gasteiger partial charge in [0.15, 0.2) is 0 Å². The quantitative estimate of drug-likeness (QED) is 0.157. The number of benzene rings is 1. The molecular formula is C18H12ClF16NO. The lowest BCUT2D eigenvalue weighted by molar-refractivity contribution is -0.446. The van der Waals surface area contributed by atoms with Gasteiger partial charge < -0.3 is 5.32 Å². The second-order valence-corrected chi connectivity index (χ2v) is 7.84. The van der Waals surface area contributed by atoms with E-state index < -0.39 is 59.3 Å². The van der Waals surface area contributed by atoms with Crippen LogP contribution in [0.2, 0.25) is 0 Å². The first kappa shape index (κ1) is 32.9. The predicted octanol–water partition coefficient (Wildman–Crippen LogP) is 7.01. The molecule has 0 atom stereocenters. The number of hydrogen-bond donors (Lipinski definition) is 1. The maximum atomic E-state index is 13.8. The van der Waals surface area contributed by atoms with Crippen LogP contribution in [0, 0.1) is 0 Å². The van der Waals surface area contributed by atoms with Crippen molar-refractivity contribution in [3.8, 4) is 0 Å². The summed E-state index contributed by atoms with van der Waals surface area (Å²) in [5.74, 6) is -60.2. The fourth-order valence-corrected chi connectivity index (χ4v) is 2.68. The fourth-order valence-electron chi connectivity index (χ4n) is 2.56. The summed E-state index contributed by atoms with van der Waals surface area (Å²) in [5.41, 5.74) is 0.488. The molecule has 2 nitrogen and oxygen atoms in total. The second kappa shape index (κ2) is 9.87. The van der Waals surface area contributed by atoms with Gasteiger partial charge in [-0.05, 0) is 30.0 Å². The van der Waals surface area contributed by atoms with Gasteiger partial charge in [0, 0.05) is 6.54 Å². The highest BCUT2D eigenvalue weighted by atomic mass is 35.5. The molecule has 1 amide bonds. The van der Waals surface area contributed by atoms with E-state index in [9.17, 15) is 75.0 Å². The van der Waals surface area contributed by atoms with Crippen LogP contribution >= 0.6 is 11.6 Å². The second-order valence-electron chi connectivity index (χ2n) is 7.36. The molecule has 214 valence electrons. The Bertz CT molecular complexity index is 945. The summed E-state index contributed by atoms with van der Waals surface area (Å²) in [4.78, 5) is 11.3. The summed E-state index contributed by atoms with van der Waals surface area (Å²) < 4.78 is 214. The van der Waals surface area contributed by atoms with Crippen molar-refractivity contribution in [2.45, 2.75) is 59.7 Å². The minimum absolute atomic E-state index is 0.0436. The number of hydrogen-bond acceptors (Lipinski definition) is 1. The molecule has 0 fully saturated rings. The molecule has 1 N–H and O–H groups in total. The van der Waals surface area contributed by atoms with Crippen LogP contribution in [0.15, 0.2) is 30.3 Å². The summed E-state index contributed by atoms with van der Waals surface area (Å²) in [5, 5.41) is -5.93. The fraction of sp³-hybridized carbons (Fsp3) is 0.611. The van der Waals surface area contributed by atoms with E-state index in [4.69, 9.17) is 0 Å². The topological polar surface area (TPSA) is 29.1 Å². The Balaban J connectivity index is 3.27. The summed E-state index contributed by atoms with van der Waals surface area (Å²) in [6, 6.07) is 7.47. The van der Waals surface area contributed by atoms with Crippen LogP contribution in [-0.2, 0) is 11.2 Å². The molecule has 0 heterocycles. The number of carbonyl (C=O) groups excluding carboxylic acids is 1. The van der Waals surface area contributed by atoms with Crippen LogP contribution in [0.1, 0.15) is 12.0 Å². The third kappa shape index (κ3) is 5.13. The molecular weight excluding hydrogens is 586 g/mol. The Kier molecular flexibility index (Phi) is 8.77. The van der Waals surface area contributed by atoms with E-state index in [1.807, 2.05) is 0 Å². The van der Waals surface area contributed by atoms with Gasteiger partial charge in [-0.3, -0.25) is 4.79 Å². The Hall–Kier alpha value is -2.14. The van der Waals surface area contributed by atoms with Gasteiger partial charge in [0.2, 0.25) is 0 Å². The number of aryl methyl sites for hydroxylation is 1. The lowest BCUT2D eigenvalue weighted by Crippen LogP contribution is -2.75. The highest BCUT2D eigenvalue weighted by Gasteiger charge is 2.95. The first-order chi connectivity index (χ1) is 16.2. The number of amides is 1. The number of carbonyl (C=O) groups is 1. The van der Waals surface area contributed by atoms with E-state index in [1.54, 1.807) is 6.07 Å². The van der Waals surface area contributed by atoms with E-state index in [2.05, 4.69) is 11.6 Å².